The smallest absolute Gasteiger partial charge is 0.222 e. The summed E-state index contributed by atoms with van der Waals surface area (Å²) in [6.07, 6.45) is -2.89. The van der Waals surface area contributed by atoms with Crippen molar-refractivity contribution >= 4 is 11.6 Å². The summed E-state index contributed by atoms with van der Waals surface area (Å²) in [4.78, 5) is 0. The Morgan fingerprint density at radius 1 is 1.11 bits per heavy atom. The van der Waals surface area contributed by atoms with Gasteiger partial charge in [0.05, 0.1) is 23.8 Å². The molecule has 3 rings (SSSR count). The minimum absolute atomic E-state index is 0.0661. The number of aliphatic hydroxyl groups is 5. The van der Waals surface area contributed by atoms with Crippen LogP contribution in [0.1, 0.15) is 31.2 Å². The molecule has 0 aromatic heterocycles. The van der Waals surface area contributed by atoms with Crippen LogP contribution >= 0.6 is 11.6 Å². The third-order valence-electron chi connectivity index (χ3n) is 5.56. The number of hydrogen-bond donors (Lipinski definition) is 5. The molecule has 0 spiro atoms. The van der Waals surface area contributed by atoms with Gasteiger partial charge in [0.1, 0.15) is 30.2 Å². The zero-order valence-electron chi connectivity index (χ0n) is 15.6. The van der Waals surface area contributed by atoms with Crippen molar-refractivity contribution in [1.82, 2.24) is 0 Å². The van der Waals surface area contributed by atoms with E-state index in [1.807, 2.05) is 0 Å². The summed E-state index contributed by atoms with van der Waals surface area (Å²) in [5.41, 5.74) is 0.0920. The van der Waals surface area contributed by atoms with E-state index in [1.165, 1.54) is 18.2 Å². The summed E-state index contributed by atoms with van der Waals surface area (Å²) < 4.78 is 16.7. The Hall–Kier alpha value is -0.970. The fourth-order valence-corrected chi connectivity index (χ4v) is 3.94. The van der Waals surface area contributed by atoms with Crippen LogP contribution in [0.5, 0.6) is 5.75 Å². The lowest BCUT2D eigenvalue weighted by molar-refractivity contribution is -0.357. The summed E-state index contributed by atoms with van der Waals surface area (Å²) in [6, 6.07) is 4.36. The minimum atomic E-state index is -2.34. The molecule has 1 saturated heterocycles. The number of ether oxygens (including phenoxy) is 3. The maximum atomic E-state index is 10.9. The first-order valence-corrected chi connectivity index (χ1v) is 9.72. The fourth-order valence-electron chi connectivity index (χ4n) is 3.77. The molecule has 1 heterocycles. The summed E-state index contributed by atoms with van der Waals surface area (Å²) >= 11 is 6.24. The van der Waals surface area contributed by atoms with Gasteiger partial charge in [0, 0.05) is 12.7 Å². The summed E-state index contributed by atoms with van der Waals surface area (Å²) in [6.45, 7) is -0.646. The van der Waals surface area contributed by atoms with Crippen LogP contribution in [-0.2, 0) is 15.3 Å². The Labute approximate surface area is 168 Å². The molecule has 2 fully saturated rings. The van der Waals surface area contributed by atoms with Crippen LogP contribution in [0, 0.1) is 0 Å². The largest absolute Gasteiger partial charge is 0.489 e. The molecule has 1 aliphatic heterocycles. The van der Waals surface area contributed by atoms with Gasteiger partial charge in [-0.1, -0.05) is 17.7 Å². The van der Waals surface area contributed by atoms with Crippen LogP contribution in [0.25, 0.3) is 0 Å². The average Bonchev–Trinajstić information content (AvgIpc) is 2.71. The lowest BCUT2D eigenvalue weighted by atomic mass is 9.88. The summed E-state index contributed by atoms with van der Waals surface area (Å²) in [7, 11) is 1.69. The third-order valence-corrected chi connectivity index (χ3v) is 5.87. The predicted molar refractivity (Wildman–Crippen MR) is 99.0 cm³/mol. The standard InChI is InChI=1S/C19H27ClO8/c1-26-11-3-5-12(6-4-11)27-14-8-10(2-7-13(14)20)19(25)18(24)17(23)16(22)15(9-21)28-19/h2,7-8,11-12,15-18,21-25H,3-6,9H2,1H3/t11-,12+,15-,16-,17+,18-,19+/m1/s1. The van der Waals surface area contributed by atoms with E-state index in [2.05, 4.69) is 0 Å². The molecule has 158 valence electrons. The topological polar surface area (TPSA) is 129 Å². The highest BCUT2D eigenvalue weighted by molar-refractivity contribution is 6.32. The maximum Gasteiger partial charge on any atom is 0.222 e. The zero-order valence-corrected chi connectivity index (χ0v) is 16.3. The van der Waals surface area contributed by atoms with Gasteiger partial charge in [-0.3, -0.25) is 0 Å². The zero-order chi connectivity index (χ0) is 20.5. The van der Waals surface area contributed by atoms with Crippen molar-refractivity contribution in [3.05, 3.63) is 28.8 Å². The normalized spacial score (nSPS) is 39.0. The molecule has 9 heteroatoms. The van der Waals surface area contributed by atoms with Crippen molar-refractivity contribution in [2.75, 3.05) is 13.7 Å². The molecule has 1 aromatic carbocycles. The fraction of sp³-hybridized carbons (Fsp3) is 0.684. The Kier molecular flexibility index (Phi) is 6.84. The number of methoxy groups -OCH3 is 1. The molecule has 2 aliphatic rings. The van der Waals surface area contributed by atoms with E-state index in [-0.39, 0.29) is 17.8 Å². The van der Waals surface area contributed by atoms with Crippen LogP contribution in [-0.4, -0.2) is 75.9 Å². The minimum Gasteiger partial charge on any atom is -0.489 e. The van der Waals surface area contributed by atoms with Gasteiger partial charge in [0.2, 0.25) is 5.79 Å². The lowest BCUT2D eigenvalue weighted by Gasteiger charge is -2.45. The van der Waals surface area contributed by atoms with Gasteiger partial charge in [-0.25, -0.2) is 0 Å². The molecule has 1 aromatic rings. The van der Waals surface area contributed by atoms with E-state index in [0.29, 0.717) is 10.8 Å². The van der Waals surface area contributed by atoms with Crippen LogP contribution in [0.15, 0.2) is 18.2 Å². The lowest BCUT2D eigenvalue weighted by Crippen LogP contribution is -2.63. The molecule has 5 atom stereocenters. The highest BCUT2D eigenvalue weighted by atomic mass is 35.5. The number of rotatable bonds is 5. The second-order valence-corrected chi connectivity index (χ2v) is 7.77. The van der Waals surface area contributed by atoms with Crippen LogP contribution in [0.4, 0.5) is 0 Å². The van der Waals surface area contributed by atoms with E-state index in [4.69, 9.17) is 25.8 Å². The second-order valence-electron chi connectivity index (χ2n) is 7.36. The highest BCUT2D eigenvalue weighted by Crippen LogP contribution is 2.40. The van der Waals surface area contributed by atoms with E-state index in [0.717, 1.165) is 25.7 Å². The number of aliphatic hydroxyl groups excluding tert-OH is 4. The van der Waals surface area contributed by atoms with Gasteiger partial charge in [0.15, 0.2) is 0 Å². The van der Waals surface area contributed by atoms with Crippen molar-refractivity contribution in [2.24, 2.45) is 0 Å². The van der Waals surface area contributed by atoms with Crippen molar-refractivity contribution in [2.45, 2.75) is 68.1 Å². The Morgan fingerprint density at radius 2 is 1.75 bits per heavy atom. The molecule has 0 bridgehead atoms. The molecular weight excluding hydrogens is 392 g/mol. The average molecular weight is 419 g/mol. The summed E-state index contributed by atoms with van der Waals surface area (Å²) in [5.74, 6) is -2.03. The van der Waals surface area contributed by atoms with Gasteiger partial charge < -0.3 is 39.7 Å². The van der Waals surface area contributed by atoms with Crippen molar-refractivity contribution in [1.29, 1.82) is 0 Å². The Bertz CT molecular complexity index is 663. The first-order chi connectivity index (χ1) is 13.3. The van der Waals surface area contributed by atoms with Crippen LogP contribution in [0.3, 0.4) is 0 Å². The van der Waals surface area contributed by atoms with Crippen molar-refractivity contribution < 1.29 is 39.7 Å². The molecule has 28 heavy (non-hydrogen) atoms. The molecule has 5 N–H and O–H groups in total. The second kappa shape index (κ2) is 8.81. The first kappa shape index (κ1) is 21.7. The third kappa shape index (κ3) is 4.15. The van der Waals surface area contributed by atoms with E-state index < -0.39 is 36.8 Å². The monoisotopic (exact) mass is 418 g/mol. The SMILES string of the molecule is CO[C@H]1CC[C@@H](Oc2cc([C@]3(O)O[C@H](CO)[C@@H](O)[C@H](O)[C@H]3O)ccc2Cl)CC1. The Morgan fingerprint density at radius 3 is 2.36 bits per heavy atom. The predicted octanol–water partition coefficient (Wildman–Crippen LogP) is 0.295. The van der Waals surface area contributed by atoms with Gasteiger partial charge in [-0.2, -0.15) is 0 Å². The van der Waals surface area contributed by atoms with E-state index in [1.54, 1.807) is 7.11 Å². The van der Waals surface area contributed by atoms with Crippen molar-refractivity contribution in [3.63, 3.8) is 0 Å². The number of hydrogen-bond acceptors (Lipinski definition) is 8. The maximum absolute atomic E-state index is 10.9. The highest BCUT2D eigenvalue weighted by Gasteiger charge is 2.53. The van der Waals surface area contributed by atoms with Gasteiger partial charge in [0.25, 0.3) is 0 Å². The van der Waals surface area contributed by atoms with Gasteiger partial charge in [-0.05, 0) is 37.8 Å². The first-order valence-electron chi connectivity index (χ1n) is 9.34. The van der Waals surface area contributed by atoms with E-state index >= 15 is 0 Å². The number of benzene rings is 1. The molecule has 8 nitrogen and oxygen atoms in total. The Balaban J connectivity index is 1.82. The van der Waals surface area contributed by atoms with Crippen LogP contribution < -0.4 is 4.74 Å². The molecule has 0 amide bonds. The van der Waals surface area contributed by atoms with Crippen LogP contribution in [0.2, 0.25) is 5.02 Å². The van der Waals surface area contributed by atoms with Gasteiger partial charge in [-0.15, -0.1) is 0 Å². The summed E-state index contributed by atoms with van der Waals surface area (Å²) in [5, 5.41) is 50.9. The quantitative estimate of drug-likeness (QED) is 0.461. The molecular formula is C19H27ClO8. The van der Waals surface area contributed by atoms with Gasteiger partial charge >= 0.3 is 0 Å². The molecule has 1 saturated carbocycles. The molecule has 0 unspecified atom stereocenters. The molecule has 1 aliphatic carbocycles. The molecule has 0 radical (unpaired) electrons. The van der Waals surface area contributed by atoms with E-state index in [9.17, 15) is 25.5 Å². The van der Waals surface area contributed by atoms with Crippen molar-refractivity contribution in [3.8, 4) is 5.75 Å². The number of halogens is 1.